The molecule has 0 bridgehead atoms. The normalized spacial score (nSPS) is 10.3. The molecule has 94 valence electrons. The molecule has 4 heteroatoms. The molecule has 1 aromatic heterocycles. The van der Waals surface area contributed by atoms with Crippen molar-refractivity contribution in [3.8, 4) is 0 Å². The van der Waals surface area contributed by atoms with Gasteiger partial charge in [-0.15, -0.1) is 0 Å². The highest BCUT2D eigenvalue weighted by molar-refractivity contribution is 9.10. The Morgan fingerprint density at radius 3 is 2.89 bits per heavy atom. The molecule has 1 aromatic carbocycles. The van der Waals surface area contributed by atoms with Gasteiger partial charge in [0.25, 0.3) is 5.56 Å². The smallest absolute Gasteiger partial charge is 0.250 e. The van der Waals surface area contributed by atoms with Gasteiger partial charge in [0, 0.05) is 35.5 Å². The molecule has 1 heterocycles. The van der Waals surface area contributed by atoms with Crippen LogP contribution in [0.5, 0.6) is 0 Å². The van der Waals surface area contributed by atoms with Crippen molar-refractivity contribution in [3.05, 3.63) is 63.0 Å². The third-order valence-electron chi connectivity index (χ3n) is 2.69. The molecule has 0 spiro atoms. The third-order valence-corrected chi connectivity index (χ3v) is 3.38. The average Bonchev–Trinajstić information content (AvgIpc) is 2.36. The maximum Gasteiger partial charge on any atom is 0.250 e. The van der Waals surface area contributed by atoms with Crippen molar-refractivity contribution in [3.63, 3.8) is 0 Å². The van der Waals surface area contributed by atoms with Crippen LogP contribution in [0.15, 0.2) is 51.9 Å². The Balaban J connectivity index is 1.99. The van der Waals surface area contributed by atoms with Gasteiger partial charge in [-0.1, -0.05) is 12.1 Å². The van der Waals surface area contributed by atoms with E-state index in [1.54, 1.807) is 22.9 Å². The summed E-state index contributed by atoms with van der Waals surface area (Å²) in [6, 6.07) is 11.3. The lowest BCUT2D eigenvalue weighted by molar-refractivity contribution is 0.697. The molecule has 0 radical (unpaired) electrons. The lowest BCUT2D eigenvalue weighted by Gasteiger charge is -2.10. The lowest BCUT2D eigenvalue weighted by Crippen LogP contribution is -2.22. The van der Waals surface area contributed by atoms with Gasteiger partial charge in [0.1, 0.15) is 0 Å². The Labute approximate surface area is 115 Å². The van der Waals surface area contributed by atoms with Crippen molar-refractivity contribution in [1.29, 1.82) is 0 Å². The predicted molar refractivity (Wildman–Crippen MR) is 78.1 cm³/mol. The fourth-order valence-corrected chi connectivity index (χ4v) is 2.12. The van der Waals surface area contributed by atoms with Crippen molar-refractivity contribution in [2.45, 2.75) is 13.5 Å². The molecule has 0 saturated heterocycles. The number of hydrogen-bond acceptors (Lipinski definition) is 2. The van der Waals surface area contributed by atoms with Crippen LogP contribution in [0.1, 0.15) is 5.56 Å². The molecule has 1 N–H and O–H groups in total. The molecule has 2 rings (SSSR count). The molecular formula is C14H15BrN2O. The number of aryl methyl sites for hydroxylation is 1. The first-order valence-electron chi connectivity index (χ1n) is 5.82. The molecular weight excluding hydrogens is 292 g/mol. The van der Waals surface area contributed by atoms with Gasteiger partial charge >= 0.3 is 0 Å². The van der Waals surface area contributed by atoms with Gasteiger partial charge in [-0.25, -0.2) is 0 Å². The monoisotopic (exact) mass is 306 g/mol. The van der Waals surface area contributed by atoms with E-state index >= 15 is 0 Å². The summed E-state index contributed by atoms with van der Waals surface area (Å²) in [6.07, 6.45) is 1.80. The van der Waals surface area contributed by atoms with Crippen LogP contribution in [-0.4, -0.2) is 11.1 Å². The molecule has 0 atom stereocenters. The summed E-state index contributed by atoms with van der Waals surface area (Å²) in [5.74, 6) is 0. The Morgan fingerprint density at radius 1 is 1.28 bits per heavy atom. The fraction of sp³-hybridized carbons (Fsp3) is 0.214. The van der Waals surface area contributed by atoms with Crippen molar-refractivity contribution >= 4 is 21.6 Å². The molecule has 0 amide bonds. The van der Waals surface area contributed by atoms with E-state index in [0.717, 1.165) is 10.2 Å². The predicted octanol–water partition coefficient (Wildman–Crippen LogP) is 3.03. The number of hydrogen-bond donors (Lipinski definition) is 1. The highest BCUT2D eigenvalue weighted by atomic mass is 79.9. The van der Waals surface area contributed by atoms with E-state index in [2.05, 4.69) is 40.3 Å². The van der Waals surface area contributed by atoms with Gasteiger partial charge in [0.05, 0.1) is 0 Å². The number of anilines is 1. The van der Waals surface area contributed by atoms with Crippen LogP contribution in [-0.2, 0) is 6.54 Å². The molecule has 0 unspecified atom stereocenters. The van der Waals surface area contributed by atoms with E-state index in [1.807, 2.05) is 12.1 Å². The summed E-state index contributed by atoms with van der Waals surface area (Å²) < 4.78 is 2.73. The zero-order valence-electron chi connectivity index (χ0n) is 10.2. The molecule has 18 heavy (non-hydrogen) atoms. The molecule has 0 aliphatic rings. The number of aromatic nitrogens is 1. The van der Waals surface area contributed by atoms with E-state index < -0.39 is 0 Å². The summed E-state index contributed by atoms with van der Waals surface area (Å²) >= 11 is 3.50. The number of rotatable bonds is 4. The molecule has 0 fully saturated rings. The van der Waals surface area contributed by atoms with Gasteiger partial charge < -0.3 is 9.88 Å². The largest absolute Gasteiger partial charge is 0.382 e. The molecule has 0 saturated carbocycles. The first-order chi connectivity index (χ1) is 8.66. The molecule has 0 aliphatic carbocycles. The van der Waals surface area contributed by atoms with Crippen LogP contribution in [0.3, 0.4) is 0 Å². The number of pyridine rings is 1. The minimum atomic E-state index is 0.0302. The van der Waals surface area contributed by atoms with Crippen molar-refractivity contribution in [1.82, 2.24) is 4.57 Å². The number of nitrogens with one attached hydrogen (secondary N) is 1. The number of benzene rings is 1. The standard InChI is InChI=1S/C14H15BrN2O/c1-11-5-6-12(15)13(10-11)16-7-9-17-8-3-2-4-14(17)18/h2-6,8,10,16H,7,9H2,1H3. The Hall–Kier alpha value is -1.55. The van der Waals surface area contributed by atoms with Crippen molar-refractivity contribution in [2.24, 2.45) is 0 Å². The van der Waals surface area contributed by atoms with Crippen molar-refractivity contribution in [2.75, 3.05) is 11.9 Å². The van der Waals surface area contributed by atoms with Crippen LogP contribution in [0.25, 0.3) is 0 Å². The zero-order valence-corrected chi connectivity index (χ0v) is 11.8. The third kappa shape index (κ3) is 3.23. The Kier molecular flexibility index (Phi) is 4.20. The lowest BCUT2D eigenvalue weighted by atomic mass is 10.2. The number of nitrogens with zero attached hydrogens (tertiary/aromatic N) is 1. The van der Waals surface area contributed by atoms with Crippen LogP contribution < -0.4 is 10.9 Å². The van der Waals surface area contributed by atoms with Crippen LogP contribution in [0, 0.1) is 6.92 Å². The Bertz CT molecular complexity index is 592. The zero-order chi connectivity index (χ0) is 13.0. The summed E-state index contributed by atoms with van der Waals surface area (Å²) in [7, 11) is 0. The van der Waals surface area contributed by atoms with E-state index in [0.29, 0.717) is 13.1 Å². The number of halogens is 1. The molecule has 3 nitrogen and oxygen atoms in total. The van der Waals surface area contributed by atoms with E-state index in [4.69, 9.17) is 0 Å². The van der Waals surface area contributed by atoms with E-state index in [1.165, 1.54) is 5.56 Å². The highest BCUT2D eigenvalue weighted by Crippen LogP contribution is 2.22. The maximum atomic E-state index is 11.5. The maximum absolute atomic E-state index is 11.5. The second kappa shape index (κ2) is 5.87. The second-order valence-electron chi connectivity index (χ2n) is 4.14. The van der Waals surface area contributed by atoms with Crippen LogP contribution >= 0.6 is 15.9 Å². The van der Waals surface area contributed by atoms with Crippen LogP contribution in [0.4, 0.5) is 5.69 Å². The van der Waals surface area contributed by atoms with Gasteiger partial charge in [0.2, 0.25) is 0 Å². The minimum Gasteiger partial charge on any atom is -0.382 e. The van der Waals surface area contributed by atoms with Gasteiger partial charge in [-0.05, 0) is 46.6 Å². The first kappa shape index (κ1) is 12.9. The fourth-order valence-electron chi connectivity index (χ4n) is 1.73. The Morgan fingerprint density at radius 2 is 2.11 bits per heavy atom. The van der Waals surface area contributed by atoms with Gasteiger partial charge in [-0.2, -0.15) is 0 Å². The van der Waals surface area contributed by atoms with Gasteiger partial charge in [0.15, 0.2) is 0 Å². The van der Waals surface area contributed by atoms with E-state index in [9.17, 15) is 4.79 Å². The van der Waals surface area contributed by atoms with Gasteiger partial charge in [-0.3, -0.25) is 4.79 Å². The summed E-state index contributed by atoms with van der Waals surface area (Å²) in [4.78, 5) is 11.5. The van der Waals surface area contributed by atoms with E-state index in [-0.39, 0.29) is 5.56 Å². The van der Waals surface area contributed by atoms with Crippen molar-refractivity contribution < 1.29 is 0 Å². The highest BCUT2D eigenvalue weighted by Gasteiger charge is 1.99. The summed E-state index contributed by atoms with van der Waals surface area (Å²) in [6.45, 7) is 3.42. The molecule has 2 aromatic rings. The average molecular weight is 307 g/mol. The minimum absolute atomic E-state index is 0.0302. The van der Waals surface area contributed by atoms with Crippen LogP contribution in [0.2, 0.25) is 0 Å². The summed E-state index contributed by atoms with van der Waals surface area (Å²) in [5.41, 5.74) is 2.29. The quantitative estimate of drug-likeness (QED) is 0.942. The summed E-state index contributed by atoms with van der Waals surface area (Å²) in [5, 5.41) is 3.32. The molecule has 0 aliphatic heterocycles. The first-order valence-corrected chi connectivity index (χ1v) is 6.61. The second-order valence-corrected chi connectivity index (χ2v) is 5.00. The topological polar surface area (TPSA) is 34.0 Å². The SMILES string of the molecule is Cc1ccc(Br)c(NCCn2ccccc2=O)c1.